The van der Waals surface area contributed by atoms with Crippen molar-refractivity contribution in [1.82, 2.24) is 9.69 Å². The van der Waals surface area contributed by atoms with Gasteiger partial charge in [0, 0.05) is 24.9 Å². The van der Waals surface area contributed by atoms with Gasteiger partial charge in [-0.1, -0.05) is 18.2 Å². The van der Waals surface area contributed by atoms with E-state index >= 15 is 0 Å². The van der Waals surface area contributed by atoms with Crippen molar-refractivity contribution in [2.24, 2.45) is 5.73 Å². The second-order valence-corrected chi connectivity index (χ2v) is 9.12. The van der Waals surface area contributed by atoms with Crippen LogP contribution < -0.4 is 26.4 Å². The van der Waals surface area contributed by atoms with Gasteiger partial charge in [-0.3, -0.25) is 19.3 Å². The van der Waals surface area contributed by atoms with Crippen LogP contribution in [0.3, 0.4) is 0 Å². The zero-order valence-corrected chi connectivity index (χ0v) is 20.8. The van der Waals surface area contributed by atoms with Crippen molar-refractivity contribution in [3.05, 3.63) is 70.5 Å². The van der Waals surface area contributed by atoms with E-state index in [2.05, 4.69) is 9.69 Å². The Morgan fingerprint density at radius 1 is 1.27 bits per heavy atom. The first-order chi connectivity index (χ1) is 17.8. The fraction of sp³-hybridized carbons (Fsp3) is 0.280. The number of hydrogen-bond acceptors (Lipinski definition) is 8. The van der Waals surface area contributed by atoms with Crippen LogP contribution in [0.15, 0.2) is 48.5 Å². The maximum Gasteiger partial charge on any atom is 0.273 e. The van der Waals surface area contributed by atoms with Gasteiger partial charge < -0.3 is 26.3 Å². The summed E-state index contributed by atoms with van der Waals surface area (Å²) in [6.45, 7) is 0.856. The number of amides is 3. The van der Waals surface area contributed by atoms with Crippen molar-refractivity contribution in [3.63, 3.8) is 0 Å². The number of nitrogens with zero attached hydrogens (tertiary/aromatic N) is 2. The molecule has 37 heavy (non-hydrogen) atoms. The van der Waals surface area contributed by atoms with Crippen molar-refractivity contribution in [3.8, 4) is 5.75 Å². The van der Waals surface area contributed by atoms with Gasteiger partial charge in [-0.05, 0) is 54.2 Å². The Balaban J connectivity index is 1.82. The van der Waals surface area contributed by atoms with E-state index in [1.54, 1.807) is 24.3 Å². The summed E-state index contributed by atoms with van der Waals surface area (Å²) in [6.07, 6.45) is 1.55. The van der Waals surface area contributed by atoms with Crippen LogP contribution in [-0.4, -0.2) is 48.5 Å². The summed E-state index contributed by atoms with van der Waals surface area (Å²) < 4.78 is 28.7. The lowest BCUT2D eigenvalue weighted by Crippen LogP contribution is -2.45. The quantitative estimate of drug-likeness (QED) is 0.387. The number of hydrogen-bond donors (Lipinski definition) is 3. The topological polar surface area (TPSA) is 150 Å². The van der Waals surface area contributed by atoms with Crippen LogP contribution in [0.5, 0.6) is 5.75 Å². The van der Waals surface area contributed by atoms with Crippen molar-refractivity contribution in [1.29, 1.82) is 0 Å². The molecule has 1 saturated heterocycles. The minimum Gasteiger partial charge on any atom is -0.497 e. The summed E-state index contributed by atoms with van der Waals surface area (Å²) in [7, 11) is 1.47. The number of primary amides is 1. The number of rotatable bonds is 9. The Labute approximate surface area is 216 Å². The minimum atomic E-state index is -1.24. The molecule has 1 aliphatic rings. The summed E-state index contributed by atoms with van der Waals surface area (Å²) in [5.74, 6) is -2.17. The number of methoxy groups -OCH3 is 1. The minimum absolute atomic E-state index is 0.0735. The Kier molecular flexibility index (Phi) is 7.99. The molecule has 3 aromatic rings. The molecule has 2 heterocycles. The number of halogens is 1. The third-order valence-corrected chi connectivity index (χ3v) is 6.78. The van der Waals surface area contributed by atoms with Crippen LogP contribution in [0.1, 0.15) is 44.6 Å². The summed E-state index contributed by atoms with van der Waals surface area (Å²) in [6, 6.07) is 10.6. The van der Waals surface area contributed by atoms with Gasteiger partial charge in [-0.25, -0.2) is 4.39 Å². The Morgan fingerprint density at radius 2 is 2.03 bits per heavy atom. The lowest BCUT2D eigenvalue weighted by molar-refractivity contribution is -0.123. The van der Waals surface area contributed by atoms with E-state index in [-0.39, 0.29) is 28.9 Å². The predicted molar refractivity (Wildman–Crippen MR) is 136 cm³/mol. The van der Waals surface area contributed by atoms with Crippen molar-refractivity contribution < 1.29 is 28.2 Å². The fourth-order valence-corrected chi connectivity index (χ4v) is 4.80. The number of nitrogens with one attached hydrogen (secondary N) is 1. The van der Waals surface area contributed by atoms with E-state index < -0.39 is 29.6 Å². The van der Waals surface area contributed by atoms with Crippen LogP contribution in [-0.2, 0) is 9.53 Å². The van der Waals surface area contributed by atoms with Gasteiger partial charge in [0.15, 0.2) is 5.69 Å². The first-order valence-corrected chi connectivity index (χ1v) is 12.2. The van der Waals surface area contributed by atoms with Crippen molar-refractivity contribution >= 4 is 40.6 Å². The third-order valence-electron chi connectivity index (χ3n) is 5.93. The maximum absolute atomic E-state index is 14.0. The fourth-order valence-electron chi connectivity index (χ4n) is 4.06. The molecule has 0 radical (unpaired) electrons. The molecule has 194 valence electrons. The first kappa shape index (κ1) is 26.0. The lowest BCUT2D eigenvalue weighted by Gasteiger charge is -2.31. The molecule has 2 atom stereocenters. The molecular weight excluding hydrogens is 501 g/mol. The number of aromatic nitrogens is 1. The van der Waals surface area contributed by atoms with Gasteiger partial charge in [-0.2, -0.15) is 4.37 Å². The van der Waals surface area contributed by atoms with Crippen LogP contribution in [0.25, 0.3) is 0 Å². The van der Waals surface area contributed by atoms with Gasteiger partial charge in [0.25, 0.3) is 11.8 Å². The Morgan fingerprint density at radius 3 is 2.65 bits per heavy atom. The molecule has 1 aromatic heterocycles. The molecule has 0 spiro atoms. The molecule has 12 heteroatoms. The van der Waals surface area contributed by atoms with Crippen molar-refractivity contribution in [2.75, 3.05) is 30.9 Å². The molecule has 3 amide bonds. The molecule has 5 N–H and O–H groups in total. The molecule has 0 aliphatic carbocycles. The monoisotopic (exact) mass is 527 g/mol. The number of nitrogen functional groups attached to an aromatic ring is 1. The molecule has 1 fully saturated rings. The smallest absolute Gasteiger partial charge is 0.273 e. The summed E-state index contributed by atoms with van der Waals surface area (Å²) in [5, 5.41) is 2.86. The highest BCUT2D eigenvalue weighted by atomic mass is 32.1. The summed E-state index contributed by atoms with van der Waals surface area (Å²) in [5.41, 5.74) is 11.6. The van der Waals surface area contributed by atoms with Gasteiger partial charge in [-0.15, -0.1) is 0 Å². The number of nitrogens with two attached hydrogens (primary N) is 2. The second-order valence-electron chi connectivity index (χ2n) is 8.35. The molecule has 0 bridgehead atoms. The Hall–Kier alpha value is -4.03. The Bertz CT molecular complexity index is 1290. The largest absolute Gasteiger partial charge is 0.497 e. The molecule has 4 rings (SSSR count). The molecule has 0 saturated carbocycles. The lowest BCUT2D eigenvalue weighted by atomic mass is 10.0. The highest BCUT2D eigenvalue weighted by Crippen LogP contribution is 2.34. The van der Waals surface area contributed by atoms with Crippen molar-refractivity contribution in [2.45, 2.75) is 25.0 Å². The zero-order chi connectivity index (χ0) is 26.5. The average molecular weight is 528 g/mol. The number of benzene rings is 2. The van der Waals surface area contributed by atoms with Gasteiger partial charge >= 0.3 is 0 Å². The van der Waals surface area contributed by atoms with E-state index in [4.69, 9.17) is 20.9 Å². The standard InChI is InChI=1S/C25H26FN5O5S/c1-35-17-5-2-4-16(12-17)31(25(34)22-19(27)20(23(28)32)30-37-22)21(14-7-9-15(26)10-8-14)24(33)29-13-18-6-3-11-36-18/h2,4-5,7-10,12,18,21H,3,6,11,13,27H2,1H3,(H2,28,32)(H,29,33)/t18-,21-/m0/s1. The van der Waals surface area contributed by atoms with Crippen LogP contribution >= 0.6 is 11.5 Å². The maximum atomic E-state index is 14.0. The first-order valence-electron chi connectivity index (χ1n) is 11.5. The summed E-state index contributed by atoms with van der Waals surface area (Å²) in [4.78, 5) is 40.5. The predicted octanol–water partition coefficient (Wildman–Crippen LogP) is 2.66. The number of carbonyl (C=O) groups is 3. The molecule has 0 unspecified atom stereocenters. The van der Waals surface area contributed by atoms with Crippen LogP contribution in [0, 0.1) is 5.82 Å². The van der Waals surface area contributed by atoms with E-state index in [9.17, 15) is 18.8 Å². The SMILES string of the molecule is COc1cccc(N(C(=O)c2snc(C(N)=O)c2N)[C@H](C(=O)NC[C@@H]2CCCO2)c2ccc(F)cc2)c1. The van der Waals surface area contributed by atoms with E-state index in [1.807, 2.05) is 0 Å². The molecular formula is C25H26FN5O5S. The summed E-state index contributed by atoms with van der Waals surface area (Å²) >= 11 is 0.696. The zero-order valence-electron chi connectivity index (χ0n) is 20.0. The van der Waals surface area contributed by atoms with Crippen LogP contribution in [0.4, 0.5) is 15.8 Å². The normalized spacial score (nSPS) is 15.7. The number of ether oxygens (including phenoxy) is 2. The molecule has 10 nitrogen and oxygen atoms in total. The second kappa shape index (κ2) is 11.4. The van der Waals surface area contributed by atoms with Gasteiger partial charge in [0.2, 0.25) is 5.91 Å². The number of carbonyl (C=O) groups excluding carboxylic acids is 3. The molecule has 2 aromatic carbocycles. The average Bonchev–Trinajstić information content (AvgIpc) is 3.56. The third kappa shape index (κ3) is 5.70. The van der Waals surface area contributed by atoms with Gasteiger partial charge in [0.1, 0.15) is 22.5 Å². The number of anilines is 2. The van der Waals surface area contributed by atoms with Gasteiger partial charge in [0.05, 0.1) is 18.9 Å². The van der Waals surface area contributed by atoms with Crippen LogP contribution in [0.2, 0.25) is 0 Å². The highest BCUT2D eigenvalue weighted by Gasteiger charge is 2.36. The van der Waals surface area contributed by atoms with E-state index in [1.165, 1.54) is 36.3 Å². The van der Waals surface area contributed by atoms with E-state index in [0.717, 1.165) is 12.8 Å². The van der Waals surface area contributed by atoms with E-state index in [0.29, 0.717) is 35.1 Å². The highest BCUT2D eigenvalue weighted by molar-refractivity contribution is 7.09. The molecule has 1 aliphatic heterocycles.